The lowest BCUT2D eigenvalue weighted by Gasteiger charge is -2.55. The number of carbonyl (C=O) groups excluding carboxylic acids is 1. The molecule has 0 aliphatic carbocycles. The molecule has 3 aromatic rings. The van der Waals surface area contributed by atoms with Crippen LogP contribution in [0, 0.1) is 12.3 Å². The average Bonchev–Trinajstić information content (AvgIpc) is 2.88. The van der Waals surface area contributed by atoms with E-state index < -0.39 is 11.8 Å². The van der Waals surface area contributed by atoms with Gasteiger partial charge in [0.05, 0.1) is 37.5 Å². The number of nitrogens with one attached hydrogen (secondary N) is 1. The number of hydrogen-bond acceptors (Lipinski definition) is 7. The van der Waals surface area contributed by atoms with E-state index in [2.05, 4.69) is 15.1 Å². The van der Waals surface area contributed by atoms with Crippen molar-refractivity contribution in [2.45, 2.75) is 19.8 Å². The second-order valence-electron chi connectivity index (χ2n) is 10.8. The third-order valence-corrected chi connectivity index (χ3v) is 7.59. The summed E-state index contributed by atoms with van der Waals surface area (Å²) in [5.41, 5.74) is 3.37. The van der Waals surface area contributed by atoms with Crippen molar-refractivity contribution in [1.82, 2.24) is 9.97 Å². The Morgan fingerprint density at radius 2 is 1.77 bits per heavy atom. The summed E-state index contributed by atoms with van der Waals surface area (Å²) in [6, 6.07) is 13.1. The zero-order valence-corrected chi connectivity index (χ0v) is 22.0. The Balaban J connectivity index is 1.30. The van der Waals surface area contributed by atoms with E-state index in [4.69, 9.17) is 19.4 Å². The molecule has 3 aliphatic rings. The largest absolute Gasteiger partial charge is 0.380 e. The molecule has 2 aromatic carbocycles. The number of carbonyl (C=O) groups is 1. The zero-order chi connectivity index (χ0) is 27.2. The number of hydrogen-bond donors (Lipinski definition) is 1. The molecule has 0 bridgehead atoms. The molecule has 0 unspecified atom stereocenters. The van der Waals surface area contributed by atoms with Gasteiger partial charge in [0.15, 0.2) is 0 Å². The quantitative estimate of drug-likeness (QED) is 0.498. The highest BCUT2D eigenvalue weighted by atomic mass is 19.3. The molecular weight excluding hydrogens is 504 g/mol. The van der Waals surface area contributed by atoms with Crippen LogP contribution in [0.25, 0.3) is 11.3 Å². The molecule has 4 heterocycles. The van der Waals surface area contributed by atoms with Gasteiger partial charge in [0.25, 0.3) is 11.8 Å². The number of amides is 1. The second kappa shape index (κ2) is 9.84. The Bertz CT molecular complexity index is 1390. The number of ether oxygens (including phenoxy) is 2. The van der Waals surface area contributed by atoms with Gasteiger partial charge in [0.2, 0.25) is 5.95 Å². The highest BCUT2D eigenvalue weighted by Crippen LogP contribution is 2.41. The number of nitrogens with zero attached hydrogens (tertiary/aromatic N) is 4. The molecular formula is C29H31F2N5O3. The van der Waals surface area contributed by atoms with E-state index in [9.17, 15) is 13.6 Å². The van der Waals surface area contributed by atoms with E-state index in [-0.39, 0.29) is 16.5 Å². The molecule has 0 atom stereocenters. The number of benzene rings is 2. The normalized spacial score (nSPS) is 18.5. The summed E-state index contributed by atoms with van der Waals surface area (Å²) >= 11 is 0. The molecule has 1 N–H and O–H groups in total. The number of aryl methyl sites for hydroxylation is 1. The van der Waals surface area contributed by atoms with Gasteiger partial charge in [-0.2, -0.15) is 4.98 Å². The van der Waals surface area contributed by atoms with Crippen molar-refractivity contribution in [3.8, 4) is 11.3 Å². The highest BCUT2D eigenvalue weighted by molar-refractivity contribution is 6.04. The number of morpholine rings is 1. The van der Waals surface area contributed by atoms with Gasteiger partial charge >= 0.3 is 0 Å². The van der Waals surface area contributed by atoms with E-state index in [1.165, 1.54) is 24.3 Å². The van der Waals surface area contributed by atoms with Gasteiger partial charge in [-0.25, -0.2) is 13.8 Å². The Labute approximate surface area is 226 Å². The van der Waals surface area contributed by atoms with Crippen LogP contribution in [0.1, 0.15) is 28.4 Å². The lowest BCUT2D eigenvalue weighted by atomic mass is 9.78. The minimum absolute atomic E-state index is 0.168. The van der Waals surface area contributed by atoms with Crippen molar-refractivity contribution < 1.29 is 23.0 Å². The fourth-order valence-electron chi connectivity index (χ4n) is 5.24. The van der Waals surface area contributed by atoms with Crippen molar-refractivity contribution in [3.63, 3.8) is 0 Å². The van der Waals surface area contributed by atoms with Gasteiger partial charge in [-0.05, 0) is 36.8 Å². The Kier molecular flexibility index (Phi) is 6.47. The first kappa shape index (κ1) is 25.6. The van der Waals surface area contributed by atoms with Gasteiger partial charge in [0.1, 0.15) is 5.82 Å². The third-order valence-electron chi connectivity index (χ3n) is 7.59. The Morgan fingerprint density at radius 1 is 1.00 bits per heavy atom. The van der Waals surface area contributed by atoms with E-state index >= 15 is 0 Å². The van der Waals surface area contributed by atoms with Crippen molar-refractivity contribution in [3.05, 3.63) is 65.2 Å². The molecule has 1 spiro atoms. The molecule has 1 aromatic heterocycles. The van der Waals surface area contributed by atoms with Crippen molar-refractivity contribution in [1.29, 1.82) is 0 Å². The van der Waals surface area contributed by atoms with Gasteiger partial charge in [0, 0.05) is 61.5 Å². The number of anilines is 3. The molecule has 1 amide bonds. The number of rotatable bonds is 6. The van der Waals surface area contributed by atoms with Gasteiger partial charge < -0.3 is 24.6 Å². The van der Waals surface area contributed by atoms with Crippen LogP contribution in [-0.2, 0) is 15.4 Å². The molecule has 204 valence electrons. The minimum atomic E-state index is -3.03. The molecule has 0 radical (unpaired) electrons. The summed E-state index contributed by atoms with van der Waals surface area (Å²) < 4.78 is 38.6. The van der Waals surface area contributed by atoms with Gasteiger partial charge in [-0.1, -0.05) is 18.2 Å². The summed E-state index contributed by atoms with van der Waals surface area (Å²) in [6.45, 7) is 8.86. The van der Waals surface area contributed by atoms with Crippen molar-refractivity contribution >= 4 is 23.4 Å². The second-order valence-corrected chi connectivity index (χ2v) is 10.8. The van der Waals surface area contributed by atoms with E-state index in [1.54, 1.807) is 6.07 Å². The molecule has 3 fully saturated rings. The summed E-state index contributed by atoms with van der Waals surface area (Å²) in [5.74, 6) is -1.97. The minimum Gasteiger partial charge on any atom is -0.380 e. The predicted molar refractivity (Wildman–Crippen MR) is 145 cm³/mol. The number of alkyl halides is 2. The van der Waals surface area contributed by atoms with E-state index in [0.29, 0.717) is 37.9 Å². The van der Waals surface area contributed by atoms with E-state index in [0.717, 1.165) is 55.9 Å². The maximum absolute atomic E-state index is 13.8. The monoisotopic (exact) mass is 535 g/mol. The molecule has 3 saturated heterocycles. The standard InChI is InChI=1S/C29H31F2N5O3/c1-19-6-7-22(32-26(37)20-4-3-5-21(12-20)28(2,30)31)13-23(19)24-14-25(36-15-29(16-36)17-39-18-29)34-27(33-24)35-8-10-38-11-9-35/h3-7,12-14H,8-11,15-18H2,1-2H3,(H,32,37). The predicted octanol–water partition coefficient (Wildman–Crippen LogP) is 4.49. The van der Waals surface area contributed by atoms with Crippen LogP contribution in [0.2, 0.25) is 0 Å². The summed E-state index contributed by atoms with van der Waals surface area (Å²) in [7, 11) is 0. The number of aromatic nitrogens is 2. The fourth-order valence-corrected chi connectivity index (χ4v) is 5.24. The molecule has 0 saturated carbocycles. The molecule has 8 nitrogen and oxygen atoms in total. The van der Waals surface area contributed by atoms with Crippen LogP contribution in [0.5, 0.6) is 0 Å². The Morgan fingerprint density at radius 3 is 2.46 bits per heavy atom. The lowest BCUT2D eigenvalue weighted by molar-refractivity contribution is -0.127. The smallest absolute Gasteiger partial charge is 0.270 e. The first-order valence-corrected chi connectivity index (χ1v) is 13.1. The first-order chi connectivity index (χ1) is 18.7. The fraction of sp³-hybridized carbons (Fsp3) is 0.414. The maximum Gasteiger partial charge on any atom is 0.270 e. The van der Waals surface area contributed by atoms with Crippen molar-refractivity contribution in [2.24, 2.45) is 5.41 Å². The zero-order valence-electron chi connectivity index (χ0n) is 22.0. The van der Waals surface area contributed by atoms with E-state index in [1.807, 2.05) is 25.1 Å². The lowest BCUT2D eigenvalue weighted by Crippen LogP contribution is -2.66. The third kappa shape index (κ3) is 5.18. The van der Waals surface area contributed by atoms with Crippen LogP contribution in [0.4, 0.5) is 26.2 Å². The summed E-state index contributed by atoms with van der Waals surface area (Å²) in [4.78, 5) is 27.2. The highest BCUT2D eigenvalue weighted by Gasteiger charge is 2.49. The molecule has 39 heavy (non-hydrogen) atoms. The average molecular weight is 536 g/mol. The topological polar surface area (TPSA) is 79.8 Å². The SMILES string of the molecule is Cc1ccc(NC(=O)c2cccc(C(C)(F)F)c2)cc1-c1cc(N2CC3(COC3)C2)nc(N2CCOCC2)n1. The van der Waals surface area contributed by atoms with Gasteiger partial charge in [-0.3, -0.25) is 4.79 Å². The van der Waals surface area contributed by atoms with Crippen LogP contribution in [0.15, 0.2) is 48.5 Å². The maximum atomic E-state index is 13.8. The summed E-state index contributed by atoms with van der Waals surface area (Å²) in [6.07, 6.45) is 0. The van der Waals surface area contributed by atoms with Crippen molar-refractivity contribution in [2.75, 3.05) is 67.7 Å². The van der Waals surface area contributed by atoms with Crippen LogP contribution in [-0.4, -0.2) is 68.5 Å². The molecule has 3 aliphatic heterocycles. The molecule has 6 rings (SSSR count). The Hall–Kier alpha value is -3.63. The van der Waals surface area contributed by atoms with Gasteiger partial charge in [-0.15, -0.1) is 0 Å². The summed E-state index contributed by atoms with van der Waals surface area (Å²) in [5, 5.41) is 2.86. The van der Waals surface area contributed by atoms with Crippen LogP contribution in [0.3, 0.4) is 0 Å². The number of halogens is 2. The van der Waals surface area contributed by atoms with Crippen LogP contribution >= 0.6 is 0 Å². The van der Waals surface area contributed by atoms with Crippen LogP contribution < -0.4 is 15.1 Å². The molecule has 10 heteroatoms. The first-order valence-electron chi connectivity index (χ1n) is 13.1.